The molecule has 2 aromatic rings. The lowest BCUT2D eigenvalue weighted by atomic mass is 9.90. The number of carbonyl (C=O) groups is 2. The lowest BCUT2D eigenvalue weighted by Gasteiger charge is -2.24. The van der Waals surface area contributed by atoms with Crippen molar-refractivity contribution in [1.82, 2.24) is 0 Å². The maximum Gasteiger partial charge on any atom is 0.239 e. The summed E-state index contributed by atoms with van der Waals surface area (Å²) in [6.45, 7) is 8.98. The van der Waals surface area contributed by atoms with E-state index in [0.717, 1.165) is 22.4 Å². The quantitative estimate of drug-likeness (QED) is 0.790. The fourth-order valence-corrected chi connectivity index (χ4v) is 2.58. The van der Waals surface area contributed by atoms with Gasteiger partial charge in [-0.25, -0.2) is 0 Å². The van der Waals surface area contributed by atoms with Gasteiger partial charge in [-0.3, -0.25) is 9.59 Å². The van der Waals surface area contributed by atoms with Crippen LogP contribution in [-0.2, 0) is 9.59 Å². The number of ether oxygens (including phenoxy) is 1. The number of rotatable bonds is 5. The van der Waals surface area contributed by atoms with Crippen LogP contribution >= 0.6 is 0 Å². The van der Waals surface area contributed by atoms with Gasteiger partial charge in [-0.15, -0.1) is 0 Å². The molecule has 0 radical (unpaired) electrons. The molecular weight excluding hydrogens is 328 g/mol. The first-order chi connectivity index (χ1) is 12.2. The van der Waals surface area contributed by atoms with Crippen molar-refractivity contribution in [2.75, 3.05) is 17.7 Å². The van der Waals surface area contributed by atoms with E-state index >= 15 is 0 Å². The third-order valence-electron chi connectivity index (χ3n) is 4.46. The number of anilines is 2. The molecule has 2 amide bonds. The molecule has 0 bridgehead atoms. The number of benzene rings is 2. The summed E-state index contributed by atoms with van der Waals surface area (Å²) >= 11 is 0. The molecule has 0 saturated heterocycles. The van der Waals surface area contributed by atoms with Crippen LogP contribution in [0.3, 0.4) is 0 Å². The van der Waals surface area contributed by atoms with Gasteiger partial charge < -0.3 is 15.4 Å². The first kappa shape index (κ1) is 19.5. The Morgan fingerprint density at radius 2 is 1.50 bits per heavy atom. The van der Waals surface area contributed by atoms with E-state index in [2.05, 4.69) is 10.6 Å². The summed E-state index contributed by atoms with van der Waals surface area (Å²) < 4.78 is 5.29. The molecule has 0 saturated carbocycles. The lowest BCUT2D eigenvalue weighted by molar-refractivity contribution is -0.135. The molecule has 0 unspecified atom stereocenters. The number of hydrogen-bond acceptors (Lipinski definition) is 3. The summed E-state index contributed by atoms with van der Waals surface area (Å²) in [6.07, 6.45) is 0. The van der Waals surface area contributed by atoms with Gasteiger partial charge in [-0.05, 0) is 63.4 Å². The number of para-hydroxylation sites is 1. The molecule has 138 valence electrons. The zero-order valence-electron chi connectivity index (χ0n) is 16.2. The molecule has 0 atom stereocenters. The van der Waals surface area contributed by atoms with Crippen LogP contribution < -0.4 is 15.4 Å². The second kappa shape index (κ2) is 7.60. The van der Waals surface area contributed by atoms with Crippen LogP contribution in [0, 0.1) is 26.2 Å². The van der Waals surface area contributed by atoms with E-state index < -0.39 is 11.3 Å². The Labute approximate surface area is 154 Å². The Hall–Kier alpha value is -2.82. The van der Waals surface area contributed by atoms with E-state index in [-0.39, 0.29) is 5.91 Å². The van der Waals surface area contributed by atoms with E-state index in [9.17, 15) is 9.59 Å². The summed E-state index contributed by atoms with van der Waals surface area (Å²) in [6, 6.07) is 11.3. The summed E-state index contributed by atoms with van der Waals surface area (Å²) in [7, 11) is 1.54. The van der Waals surface area contributed by atoms with Gasteiger partial charge in [0.1, 0.15) is 11.2 Å². The maximum atomic E-state index is 12.8. The van der Waals surface area contributed by atoms with Crippen LogP contribution in [0.2, 0.25) is 0 Å². The number of aryl methyl sites for hydroxylation is 3. The molecule has 26 heavy (non-hydrogen) atoms. The first-order valence-corrected chi connectivity index (χ1v) is 8.50. The summed E-state index contributed by atoms with van der Waals surface area (Å²) in [5.41, 5.74) is 2.92. The Morgan fingerprint density at radius 3 is 2.08 bits per heavy atom. The molecule has 0 aromatic heterocycles. The predicted octanol–water partition coefficient (Wildman–Crippen LogP) is 4.22. The Bertz CT molecular complexity index is 821. The average Bonchev–Trinajstić information content (AvgIpc) is 2.58. The Kier molecular flexibility index (Phi) is 5.70. The van der Waals surface area contributed by atoms with E-state index in [0.29, 0.717) is 11.4 Å². The fourth-order valence-electron chi connectivity index (χ4n) is 2.58. The van der Waals surface area contributed by atoms with Gasteiger partial charge in [0, 0.05) is 5.69 Å². The SMILES string of the molecule is COc1ccc(C)cc1NC(=O)C(C)(C)C(=O)Nc1c(C)cccc1C. The van der Waals surface area contributed by atoms with E-state index in [1.54, 1.807) is 27.0 Å². The largest absolute Gasteiger partial charge is 0.495 e. The highest BCUT2D eigenvalue weighted by Crippen LogP contribution is 2.29. The molecule has 0 fully saturated rings. The molecule has 2 N–H and O–H groups in total. The third kappa shape index (κ3) is 4.04. The normalized spacial score (nSPS) is 11.0. The van der Waals surface area contributed by atoms with Gasteiger partial charge in [-0.2, -0.15) is 0 Å². The topological polar surface area (TPSA) is 67.4 Å². The molecule has 2 rings (SSSR count). The number of carbonyl (C=O) groups excluding carboxylic acids is 2. The average molecular weight is 354 g/mol. The van der Waals surface area contributed by atoms with Gasteiger partial charge in [-0.1, -0.05) is 24.3 Å². The smallest absolute Gasteiger partial charge is 0.239 e. The van der Waals surface area contributed by atoms with Crippen molar-refractivity contribution < 1.29 is 14.3 Å². The second-order valence-corrected chi connectivity index (χ2v) is 7.00. The standard InChI is InChI=1S/C21H26N2O3/c1-13-10-11-17(26-6)16(12-13)22-19(24)21(4,5)20(25)23-18-14(2)8-7-9-15(18)3/h7-12H,1-6H3,(H,22,24)(H,23,25). The molecule has 0 aliphatic carbocycles. The van der Waals surface area contributed by atoms with Crippen molar-refractivity contribution in [1.29, 1.82) is 0 Å². The zero-order chi connectivity index (χ0) is 19.5. The molecule has 0 aliphatic rings. The fraction of sp³-hybridized carbons (Fsp3) is 0.333. The van der Waals surface area contributed by atoms with Gasteiger partial charge in [0.05, 0.1) is 12.8 Å². The highest BCUT2D eigenvalue weighted by Gasteiger charge is 2.37. The Morgan fingerprint density at radius 1 is 0.923 bits per heavy atom. The van der Waals surface area contributed by atoms with Crippen molar-refractivity contribution in [3.63, 3.8) is 0 Å². The molecule has 0 aliphatic heterocycles. The molecule has 5 nitrogen and oxygen atoms in total. The number of nitrogens with one attached hydrogen (secondary N) is 2. The molecule has 5 heteroatoms. The van der Waals surface area contributed by atoms with Gasteiger partial charge in [0.15, 0.2) is 0 Å². The highest BCUT2D eigenvalue weighted by molar-refractivity contribution is 6.14. The minimum atomic E-state index is -1.26. The molecule has 0 heterocycles. The van der Waals surface area contributed by atoms with Gasteiger partial charge in [0.2, 0.25) is 11.8 Å². The molecular formula is C21H26N2O3. The third-order valence-corrected chi connectivity index (χ3v) is 4.46. The minimum Gasteiger partial charge on any atom is -0.495 e. The van der Waals surface area contributed by atoms with Crippen molar-refractivity contribution in [3.8, 4) is 5.75 Å². The lowest BCUT2D eigenvalue weighted by Crippen LogP contribution is -2.41. The van der Waals surface area contributed by atoms with Crippen molar-refractivity contribution in [3.05, 3.63) is 53.1 Å². The summed E-state index contributed by atoms with van der Waals surface area (Å²) in [5, 5.41) is 5.71. The van der Waals surface area contributed by atoms with Crippen molar-refractivity contribution in [2.45, 2.75) is 34.6 Å². The van der Waals surface area contributed by atoms with Crippen molar-refractivity contribution in [2.24, 2.45) is 5.41 Å². The second-order valence-electron chi connectivity index (χ2n) is 7.00. The number of amides is 2. The van der Waals surface area contributed by atoms with Crippen LogP contribution in [-0.4, -0.2) is 18.9 Å². The van der Waals surface area contributed by atoms with Gasteiger partial charge in [0.25, 0.3) is 0 Å². The monoisotopic (exact) mass is 354 g/mol. The van der Waals surface area contributed by atoms with E-state index in [4.69, 9.17) is 4.74 Å². The van der Waals surface area contributed by atoms with E-state index in [1.165, 1.54) is 0 Å². The molecule has 2 aromatic carbocycles. The van der Waals surface area contributed by atoms with E-state index in [1.807, 2.05) is 51.1 Å². The van der Waals surface area contributed by atoms with Crippen LogP contribution in [0.1, 0.15) is 30.5 Å². The predicted molar refractivity (Wildman–Crippen MR) is 105 cm³/mol. The maximum absolute atomic E-state index is 12.8. The van der Waals surface area contributed by atoms with Crippen LogP contribution in [0.5, 0.6) is 5.75 Å². The number of methoxy groups -OCH3 is 1. The van der Waals surface area contributed by atoms with Crippen molar-refractivity contribution >= 4 is 23.2 Å². The van der Waals surface area contributed by atoms with Gasteiger partial charge >= 0.3 is 0 Å². The van der Waals surface area contributed by atoms with Crippen LogP contribution in [0.25, 0.3) is 0 Å². The number of hydrogen-bond donors (Lipinski definition) is 2. The van der Waals surface area contributed by atoms with Crippen LogP contribution in [0.4, 0.5) is 11.4 Å². The minimum absolute atomic E-state index is 0.362. The zero-order valence-corrected chi connectivity index (χ0v) is 16.2. The summed E-state index contributed by atoms with van der Waals surface area (Å²) in [4.78, 5) is 25.6. The van der Waals surface area contributed by atoms with Crippen LogP contribution in [0.15, 0.2) is 36.4 Å². The molecule has 0 spiro atoms. The highest BCUT2D eigenvalue weighted by atomic mass is 16.5. The first-order valence-electron chi connectivity index (χ1n) is 8.50. The summed E-state index contributed by atoms with van der Waals surface area (Å²) in [5.74, 6) is -0.209. The Balaban J connectivity index is 2.22.